The maximum atomic E-state index is 12.5. The molecule has 1 aromatic heterocycles. The van der Waals surface area contributed by atoms with Gasteiger partial charge in [-0.05, 0) is 35.7 Å². The standard InChI is InChI=1S/C21H21N3O3/c1-26-16-7-4-6-15(11-16)18-12-19(24-23-18)21(25)22-13-20-17-8-3-2-5-14(17)9-10-27-20/h2-8,11-12,20H,9-10,13H2,1H3,(H,22,25)(H,23,24)/t20-/m1/s1. The van der Waals surface area contributed by atoms with Crippen LogP contribution in [0.2, 0.25) is 0 Å². The second-order valence-corrected chi connectivity index (χ2v) is 6.42. The molecule has 1 amide bonds. The fourth-order valence-corrected chi connectivity index (χ4v) is 3.29. The summed E-state index contributed by atoms with van der Waals surface area (Å²) < 4.78 is 11.1. The molecule has 0 aliphatic carbocycles. The highest BCUT2D eigenvalue weighted by atomic mass is 16.5. The first-order valence-electron chi connectivity index (χ1n) is 8.92. The molecule has 0 spiro atoms. The van der Waals surface area contributed by atoms with E-state index in [9.17, 15) is 4.79 Å². The van der Waals surface area contributed by atoms with Crippen molar-refractivity contribution in [1.82, 2.24) is 15.5 Å². The summed E-state index contributed by atoms with van der Waals surface area (Å²) in [7, 11) is 1.62. The number of rotatable bonds is 5. The van der Waals surface area contributed by atoms with E-state index in [0.717, 1.165) is 23.3 Å². The second-order valence-electron chi connectivity index (χ2n) is 6.42. The van der Waals surface area contributed by atoms with Gasteiger partial charge in [0.25, 0.3) is 5.91 Å². The highest BCUT2D eigenvalue weighted by Crippen LogP contribution is 2.26. The molecule has 4 rings (SSSR count). The third-order valence-electron chi connectivity index (χ3n) is 4.73. The van der Waals surface area contributed by atoms with Gasteiger partial charge < -0.3 is 14.8 Å². The van der Waals surface area contributed by atoms with Crippen molar-refractivity contribution in [2.45, 2.75) is 12.5 Å². The summed E-state index contributed by atoms with van der Waals surface area (Å²) >= 11 is 0. The van der Waals surface area contributed by atoms with Crippen molar-refractivity contribution in [2.24, 2.45) is 0 Å². The number of nitrogens with one attached hydrogen (secondary N) is 2. The van der Waals surface area contributed by atoms with Crippen molar-refractivity contribution < 1.29 is 14.3 Å². The average Bonchev–Trinajstić information content (AvgIpc) is 3.22. The van der Waals surface area contributed by atoms with Gasteiger partial charge in [0.15, 0.2) is 0 Å². The maximum absolute atomic E-state index is 12.5. The zero-order valence-corrected chi connectivity index (χ0v) is 15.1. The predicted molar refractivity (Wildman–Crippen MR) is 102 cm³/mol. The molecule has 0 bridgehead atoms. The molecule has 6 nitrogen and oxygen atoms in total. The Labute approximate surface area is 157 Å². The van der Waals surface area contributed by atoms with Crippen molar-refractivity contribution in [2.75, 3.05) is 20.3 Å². The highest BCUT2D eigenvalue weighted by Gasteiger charge is 2.21. The van der Waals surface area contributed by atoms with Crippen LogP contribution in [0.1, 0.15) is 27.7 Å². The van der Waals surface area contributed by atoms with Crippen molar-refractivity contribution in [3.63, 3.8) is 0 Å². The summed E-state index contributed by atoms with van der Waals surface area (Å²) in [5.74, 6) is 0.540. The minimum atomic E-state index is -0.205. The fraction of sp³-hybridized carbons (Fsp3) is 0.238. The van der Waals surface area contributed by atoms with Gasteiger partial charge in [-0.2, -0.15) is 5.10 Å². The van der Waals surface area contributed by atoms with Gasteiger partial charge in [-0.25, -0.2) is 0 Å². The second kappa shape index (κ2) is 7.63. The van der Waals surface area contributed by atoms with Crippen LogP contribution in [0, 0.1) is 0 Å². The largest absolute Gasteiger partial charge is 0.497 e. The molecular weight excluding hydrogens is 342 g/mol. The summed E-state index contributed by atoms with van der Waals surface area (Å²) in [5.41, 5.74) is 4.42. The van der Waals surface area contributed by atoms with E-state index in [4.69, 9.17) is 9.47 Å². The molecule has 0 saturated heterocycles. The maximum Gasteiger partial charge on any atom is 0.269 e. The van der Waals surface area contributed by atoms with E-state index in [-0.39, 0.29) is 12.0 Å². The molecule has 0 unspecified atom stereocenters. The number of hydrogen-bond donors (Lipinski definition) is 2. The van der Waals surface area contributed by atoms with E-state index < -0.39 is 0 Å². The first-order valence-corrected chi connectivity index (χ1v) is 8.92. The minimum Gasteiger partial charge on any atom is -0.497 e. The molecule has 1 aliphatic rings. The Morgan fingerprint density at radius 1 is 1.26 bits per heavy atom. The molecule has 27 heavy (non-hydrogen) atoms. The molecule has 2 N–H and O–H groups in total. The molecule has 0 fully saturated rings. The summed E-state index contributed by atoms with van der Waals surface area (Å²) in [6.45, 7) is 1.09. The molecule has 1 aliphatic heterocycles. The Morgan fingerprint density at radius 2 is 2.15 bits per heavy atom. The topological polar surface area (TPSA) is 76.2 Å². The van der Waals surface area contributed by atoms with Gasteiger partial charge in [-0.3, -0.25) is 9.89 Å². The van der Waals surface area contributed by atoms with Crippen LogP contribution in [-0.2, 0) is 11.2 Å². The highest BCUT2D eigenvalue weighted by molar-refractivity contribution is 5.93. The van der Waals surface area contributed by atoms with Crippen LogP contribution >= 0.6 is 0 Å². The average molecular weight is 363 g/mol. The van der Waals surface area contributed by atoms with E-state index >= 15 is 0 Å². The van der Waals surface area contributed by atoms with Crippen LogP contribution in [-0.4, -0.2) is 36.4 Å². The van der Waals surface area contributed by atoms with Gasteiger partial charge in [0.2, 0.25) is 0 Å². The Bertz CT molecular complexity index is 951. The molecule has 2 aromatic carbocycles. The van der Waals surface area contributed by atoms with Gasteiger partial charge in [0.05, 0.1) is 19.4 Å². The minimum absolute atomic E-state index is 0.125. The number of amides is 1. The molecule has 3 aromatic rings. The Hall–Kier alpha value is -3.12. The fourth-order valence-electron chi connectivity index (χ4n) is 3.29. The first-order chi connectivity index (χ1) is 13.2. The predicted octanol–water partition coefficient (Wildman–Crippen LogP) is 3.13. The van der Waals surface area contributed by atoms with E-state index in [1.165, 1.54) is 5.56 Å². The van der Waals surface area contributed by atoms with Gasteiger partial charge in [0, 0.05) is 12.1 Å². The number of fused-ring (bicyclic) bond motifs is 1. The number of ether oxygens (including phenoxy) is 2. The third kappa shape index (κ3) is 3.71. The Morgan fingerprint density at radius 3 is 3.04 bits per heavy atom. The first kappa shape index (κ1) is 17.3. The van der Waals surface area contributed by atoms with E-state index in [0.29, 0.717) is 24.5 Å². The molecule has 0 radical (unpaired) electrons. The summed E-state index contributed by atoms with van der Waals surface area (Å²) in [6.07, 6.45) is 0.783. The Balaban J connectivity index is 1.43. The van der Waals surface area contributed by atoms with Crippen molar-refractivity contribution in [3.05, 3.63) is 71.4 Å². The van der Waals surface area contributed by atoms with Crippen LogP contribution < -0.4 is 10.1 Å². The van der Waals surface area contributed by atoms with Crippen LogP contribution in [0.25, 0.3) is 11.3 Å². The van der Waals surface area contributed by atoms with Crippen molar-refractivity contribution in [1.29, 1.82) is 0 Å². The Kier molecular flexibility index (Phi) is 4.89. The number of nitrogens with zero attached hydrogens (tertiary/aromatic N) is 1. The number of carbonyl (C=O) groups excluding carboxylic acids is 1. The number of hydrogen-bond acceptors (Lipinski definition) is 4. The number of methoxy groups -OCH3 is 1. The van der Waals surface area contributed by atoms with E-state index in [2.05, 4.69) is 27.6 Å². The lowest BCUT2D eigenvalue weighted by Gasteiger charge is -2.26. The lowest BCUT2D eigenvalue weighted by Crippen LogP contribution is -2.32. The normalized spacial score (nSPS) is 15.8. The molecule has 2 heterocycles. The number of H-pyrrole nitrogens is 1. The lowest BCUT2D eigenvalue weighted by atomic mass is 9.97. The molecule has 1 atom stereocenters. The van der Waals surface area contributed by atoms with E-state index in [1.54, 1.807) is 13.2 Å². The van der Waals surface area contributed by atoms with Gasteiger partial charge in [-0.1, -0.05) is 36.4 Å². The van der Waals surface area contributed by atoms with Crippen LogP contribution in [0.3, 0.4) is 0 Å². The monoisotopic (exact) mass is 363 g/mol. The number of aromatic nitrogens is 2. The quantitative estimate of drug-likeness (QED) is 0.730. The zero-order valence-electron chi connectivity index (χ0n) is 15.1. The molecule has 0 saturated carbocycles. The summed E-state index contributed by atoms with van der Waals surface area (Å²) in [5, 5.41) is 9.98. The van der Waals surface area contributed by atoms with Crippen LogP contribution in [0.4, 0.5) is 0 Å². The zero-order chi connectivity index (χ0) is 18.6. The summed E-state index contributed by atoms with van der Waals surface area (Å²) in [6, 6.07) is 17.5. The SMILES string of the molecule is COc1cccc(-c2cc(C(=O)NC[C@H]3OCCc4ccccc43)[nH]n2)c1. The lowest BCUT2D eigenvalue weighted by molar-refractivity contribution is 0.0411. The van der Waals surface area contributed by atoms with Gasteiger partial charge in [-0.15, -0.1) is 0 Å². The number of aromatic amines is 1. The molecule has 6 heteroatoms. The summed E-state index contributed by atoms with van der Waals surface area (Å²) in [4.78, 5) is 12.5. The van der Waals surface area contributed by atoms with Crippen molar-refractivity contribution in [3.8, 4) is 17.0 Å². The van der Waals surface area contributed by atoms with Crippen LogP contribution in [0.15, 0.2) is 54.6 Å². The van der Waals surface area contributed by atoms with Crippen LogP contribution in [0.5, 0.6) is 5.75 Å². The molecular formula is C21H21N3O3. The number of benzene rings is 2. The molecule has 138 valence electrons. The van der Waals surface area contributed by atoms with Gasteiger partial charge >= 0.3 is 0 Å². The van der Waals surface area contributed by atoms with Gasteiger partial charge in [0.1, 0.15) is 17.5 Å². The van der Waals surface area contributed by atoms with Crippen molar-refractivity contribution >= 4 is 5.91 Å². The smallest absolute Gasteiger partial charge is 0.269 e. The number of carbonyl (C=O) groups is 1. The third-order valence-corrected chi connectivity index (χ3v) is 4.73. The van der Waals surface area contributed by atoms with E-state index in [1.807, 2.05) is 36.4 Å².